The number of hydrogen-bond donors (Lipinski definition) is 2. The molecular weight excluding hydrogens is 364 g/mol. The van der Waals surface area contributed by atoms with Gasteiger partial charge in [0.15, 0.2) is 0 Å². The average molecular weight is 390 g/mol. The van der Waals surface area contributed by atoms with Crippen molar-refractivity contribution in [2.75, 3.05) is 26.1 Å². The molecule has 3 aromatic carbocycles. The smallest absolute Gasteiger partial charge is 0.319 e. The van der Waals surface area contributed by atoms with E-state index in [1.165, 1.54) is 11.1 Å². The van der Waals surface area contributed by atoms with E-state index in [0.29, 0.717) is 23.7 Å². The standard InChI is InChI=1S/C24H26N2O3/c1-28-20-13-14-23(29-2)22(17-20)26-24(27)25-16-15-21(18-9-5-3-6-10-18)19-11-7-4-8-12-19/h3-14,17,21H,15-16H2,1-2H3,(H2,25,26,27). The number of amides is 2. The van der Waals surface area contributed by atoms with E-state index in [2.05, 4.69) is 34.9 Å². The highest BCUT2D eigenvalue weighted by molar-refractivity contribution is 5.91. The molecule has 0 bridgehead atoms. The van der Waals surface area contributed by atoms with E-state index in [9.17, 15) is 4.79 Å². The molecule has 5 nitrogen and oxygen atoms in total. The molecule has 29 heavy (non-hydrogen) atoms. The minimum atomic E-state index is -0.281. The van der Waals surface area contributed by atoms with Gasteiger partial charge < -0.3 is 20.1 Å². The summed E-state index contributed by atoms with van der Waals surface area (Å²) in [7, 11) is 3.15. The first-order chi connectivity index (χ1) is 14.2. The number of rotatable bonds is 8. The Hall–Kier alpha value is -3.47. The van der Waals surface area contributed by atoms with Gasteiger partial charge in [0.05, 0.1) is 19.9 Å². The number of ether oxygens (including phenoxy) is 2. The first kappa shape index (κ1) is 20.3. The molecule has 3 aromatic rings. The van der Waals surface area contributed by atoms with Crippen molar-refractivity contribution in [2.45, 2.75) is 12.3 Å². The van der Waals surface area contributed by atoms with Gasteiger partial charge in [-0.15, -0.1) is 0 Å². The predicted octanol–water partition coefficient (Wildman–Crippen LogP) is 5.05. The number of carbonyl (C=O) groups is 1. The van der Waals surface area contributed by atoms with Crippen LogP contribution in [0.3, 0.4) is 0 Å². The SMILES string of the molecule is COc1ccc(OC)c(NC(=O)NCCC(c2ccccc2)c2ccccc2)c1. The van der Waals surface area contributed by atoms with E-state index >= 15 is 0 Å². The first-order valence-corrected chi connectivity index (χ1v) is 9.58. The topological polar surface area (TPSA) is 59.6 Å². The Labute approximate surface area is 171 Å². The number of carbonyl (C=O) groups excluding carboxylic acids is 1. The largest absolute Gasteiger partial charge is 0.497 e. The highest BCUT2D eigenvalue weighted by Gasteiger charge is 2.15. The molecule has 0 atom stereocenters. The van der Waals surface area contributed by atoms with Crippen molar-refractivity contribution >= 4 is 11.7 Å². The van der Waals surface area contributed by atoms with Crippen molar-refractivity contribution in [3.63, 3.8) is 0 Å². The fourth-order valence-electron chi connectivity index (χ4n) is 3.30. The van der Waals surface area contributed by atoms with Gasteiger partial charge in [-0.3, -0.25) is 0 Å². The molecule has 0 spiro atoms. The molecule has 0 aliphatic rings. The Morgan fingerprint density at radius 1 is 0.862 bits per heavy atom. The second-order valence-electron chi connectivity index (χ2n) is 6.61. The molecular formula is C24H26N2O3. The molecule has 0 unspecified atom stereocenters. The first-order valence-electron chi connectivity index (χ1n) is 9.58. The normalized spacial score (nSPS) is 10.4. The van der Waals surface area contributed by atoms with Crippen LogP contribution in [0.25, 0.3) is 0 Å². The maximum Gasteiger partial charge on any atom is 0.319 e. The van der Waals surface area contributed by atoms with Crippen molar-refractivity contribution in [3.05, 3.63) is 90.0 Å². The van der Waals surface area contributed by atoms with Crippen LogP contribution >= 0.6 is 0 Å². The van der Waals surface area contributed by atoms with Crippen LogP contribution in [0.5, 0.6) is 11.5 Å². The fourth-order valence-corrected chi connectivity index (χ4v) is 3.30. The Kier molecular flexibility index (Phi) is 7.11. The third-order valence-corrected chi connectivity index (χ3v) is 4.78. The lowest BCUT2D eigenvalue weighted by Crippen LogP contribution is -2.30. The van der Waals surface area contributed by atoms with Gasteiger partial charge in [0.2, 0.25) is 0 Å². The number of urea groups is 1. The molecule has 150 valence electrons. The maximum absolute atomic E-state index is 12.4. The summed E-state index contributed by atoms with van der Waals surface area (Å²) in [6.07, 6.45) is 0.788. The third-order valence-electron chi connectivity index (χ3n) is 4.78. The minimum Gasteiger partial charge on any atom is -0.497 e. The van der Waals surface area contributed by atoms with Gasteiger partial charge in [0, 0.05) is 18.5 Å². The van der Waals surface area contributed by atoms with Crippen LogP contribution in [0.15, 0.2) is 78.9 Å². The fraction of sp³-hybridized carbons (Fsp3) is 0.208. The average Bonchev–Trinajstić information content (AvgIpc) is 2.78. The summed E-state index contributed by atoms with van der Waals surface area (Å²) >= 11 is 0. The van der Waals surface area contributed by atoms with E-state index in [1.807, 2.05) is 36.4 Å². The molecule has 0 aliphatic carbocycles. The molecule has 2 amide bonds. The summed E-state index contributed by atoms with van der Waals surface area (Å²) in [6.45, 7) is 0.534. The molecule has 5 heteroatoms. The van der Waals surface area contributed by atoms with Gasteiger partial charge in [-0.25, -0.2) is 4.79 Å². The summed E-state index contributed by atoms with van der Waals surface area (Å²) in [4.78, 5) is 12.4. The van der Waals surface area contributed by atoms with E-state index in [4.69, 9.17) is 9.47 Å². The zero-order chi connectivity index (χ0) is 20.5. The van der Waals surface area contributed by atoms with Gasteiger partial charge in [0.1, 0.15) is 11.5 Å². The lowest BCUT2D eigenvalue weighted by atomic mass is 9.88. The van der Waals surface area contributed by atoms with Crippen LogP contribution in [0.2, 0.25) is 0 Å². The van der Waals surface area contributed by atoms with Gasteiger partial charge in [-0.1, -0.05) is 60.7 Å². The van der Waals surface area contributed by atoms with Gasteiger partial charge in [-0.05, 0) is 29.7 Å². The molecule has 0 radical (unpaired) electrons. The molecule has 0 saturated heterocycles. The van der Waals surface area contributed by atoms with E-state index < -0.39 is 0 Å². The number of nitrogens with one attached hydrogen (secondary N) is 2. The zero-order valence-electron chi connectivity index (χ0n) is 16.7. The van der Waals surface area contributed by atoms with Gasteiger partial charge >= 0.3 is 6.03 Å². The highest BCUT2D eigenvalue weighted by atomic mass is 16.5. The van der Waals surface area contributed by atoms with Crippen molar-refractivity contribution in [1.82, 2.24) is 5.32 Å². The summed E-state index contributed by atoms with van der Waals surface area (Å²) in [6, 6.07) is 25.7. The molecule has 2 N–H and O–H groups in total. The second kappa shape index (κ2) is 10.2. The Bertz CT molecular complexity index is 874. The van der Waals surface area contributed by atoms with E-state index in [-0.39, 0.29) is 11.9 Å². The second-order valence-corrected chi connectivity index (χ2v) is 6.61. The monoisotopic (exact) mass is 390 g/mol. The van der Waals surface area contributed by atoms with E-state index in [1.54, 1.807) is 32.4 Å². The van der Waals surface area contributed by atoms with Gasteiger partial charge in [-0.2, -0.15) is 0 Å². The van der Waals surface area contributed by atoms with Crippen LogP contribution in [0.4, 0.5) is 10.5 Å². The Balaban J connectivity index is 1.63. The van der Waals surface area contributed by atoms with Crippen molar-refractivity contribution < 1.29 is 14.3 Å². The van der Waals surface area contributed by atoms with Crippen LogP contribution in [-0.4, -0.2) is 26.8 Å². The molecule has 3 rings (SSSR count). The van der Waals surface area contributed by atoms with Crippen LogP contribution in [0, 0.1) is 0 Å². The summed E-state index contributed by atoms with van der Waals surface area (Å²) < 4.78 is 10.5. The predicted molar refractivity (Wildman–Crippen MR) is 116 cm³/mol. The number of methoxy groups -OCH3 is 2. The summed E-state index contributed by atoms with van der Waals surface area (Å²) in [5.74, 6) is 1.44. The molecule has 0 fully saturated rings. The molecule has 0 saturated carbocycles. The minimum absolute atomic E-state index is 0.212. The van der Waals surface area contributed by atoms with Crippen LogP contribution < -0.4 is 20.1 Å². The lowest BCUT2D eigenvalue weighted by molar-refractivity contribution is 0.251. The number of hydrogen-bond acceptors (Lipinski definition) is 3. The Morgan fingerprint density at radius 3 is 2.03 bits per heavy atom. The molecule has 0 aromatic heterocycles. The third kappa shape index (κ3) is 5.51. The van der Waals surface area contributed by atoms with Crippen molar-refractivity contribution in [1.29, 1.82) is 0 Å². The van der Waals surface area contributed by atoms with Crippen LogP contribution in [0.1, 0.15) is 23.5 Å². The quantitative estimate of drug-likeness (QED) is 0.566. The molecule has 0 heterocycles. The van der Waals surface area contributed by atoms with Crippen molar-refractivity contribution in [2.24, 2.45) is 0 Å². The van der Waals surface area contributed by atoms with E-state index in [0.717, 1.165) is 6.42 Å². The molecule has 0 aliphatic heterocycles. The van der Waals surface area contributed by atoms with Crippen molar-refractivity contribution in [3.8, 4) is 11.5 Å². The Morgan fingerprint density at radius 2 is 1.48 bits per heavy atom. The maximum atomic E-state index is 12.4. The number of anilines is 1. The summed E-state index contributed by atoms with van der Waals surface area (Å²) in [5, 5.41) is 5.78. The van der Waals surface area contributed by atoms with Crippen LogP contribution in [-0.2, 0) is 0 Å². The zero-order valence-corrected chi connectivity index (χ0v) is 16.7. The van der Waals surface area contributed by atoms with Gasteiger partial charge in [0.25, 0.3) is 0 Å². The lowest BCUT2D eigenvalue weighted by Gasteiger charge is -2.19. The highest BCUT2D eigenvalue weighted by Crippen LogP contribution is 2.29. The number of benzene rings is 3. The summed E-state index contributed by atoms with van der Waals surface area (Å²) in [5.41, 5.74) is 3.03.